The molecule has 0 bridgehead atoms. The molecule has 1 aliphatic rings. The number of benzene rings is 1. The molecule has 102 valence electrons. The van der Waals surface area contributed by atoms with Gasteiger partial charge in [-0.3, -0.25) is 4.90 Å². The van der Waals surface area contributed by atoms with E-state index in [1.54, 1.807) is 13.8 Å². The predicted molar refractivity (Wildman–Crippen MR) is 78.7 cm³/mol. The topological polar surface area (TPSA) is 23.5 Å². The van der Waals surface area contributed by atoms with Crippen LogP contribution in [0.1, 0.15) is 44.7 Å². The molecule has 0 aliphatic carbocycles. The van der Waals surface area contributed by atoms with Crippen molar-refractivity contribution in [3.63, 3.8) is 0 Å². The van der Waals surface area contributed by atoms with E-state index in [1.165, 1.54) is 24.8 Å². The lowest BCUT2D eigenvalue weighted by molar-refractivity contribution is 0.142. The lowest BCUT2D eigenvalue weighted by Gasteiger charge is -2.32. The minimum absolute atomic E-state index is 0.105. The second kappa shape index (κ2) is 6.23. The first-order valence-electron chi connectivity index (χ1n) is 7.10. The van der Waals surface area contributed by atoms with Gasteiger partial charge in [-0.15, -0.1) is 0 Å². The monoisotopic (exact) mass is 257 g/mol. The van der Waals surface area contributed by atoms with Crippen LogP contribution in [0.25, 0.3) is 0 Å². The molecule has 1 aromatic rings. The maximum Gasteiger partial charge on any atom is 0.120 e. The first kappa shape index (κ1) is 14.1. The van der Waals surface area contributed by atoms with Crippen molar-refractivity contribution < 1.29 is 5.11 Å². The molecule has 2 heteroatoms. The maximum atomic E-state index is 9.82. The van der Waals surface area contributed by atoms with Crippen molar-refractivity contribution in [3.05, 3.63) is 35.9 Å². The van der Waals surface area contributed by atoms with Gasteiger partial charge < -0.3 is 5.11 Å². The molecule has 0 spiro atoms. The van der Waals surface area contributed by atoms with Crippen LogP contribution in [0.3, 0.4) is 0 Å². The zero-order valence-electron chi connectivity index (χ0n) is 11.9. The number of piperidine rings is 1. The Hall–Kier alpha value is -1.30. The fourth-order valence-corrected chi connectivity index (χ4v) is 2.44. The van der Waals surface area contributed by atoms with Gasteiger partial charge >= 0.3 is 0 Å². The van der Waals surface area contributed by atoms with Gasteiger partial charge in [0.05, 0.1) is 6.04 Å². The number of nitrogens with zero attached hydrogens (tertiary/aromatic N) is 1. The molecule has 1 aromatic carbocycles. The lowest BCUT2D eigenvalue weighted by atomic mass is 10.0. The van der Waals surface area contributed by atoms with Crippen LogP contribution in [-0.4, -0.2) is 28.7 Å². The highest BCUT2D eigenvalue weighted by molar-refractivity contribution is 5.29. The van der Waals surface area contributed by atoms with Crippen molar-refractivity contribution in [2.75, 3.05) is 13.1 Å². The standard InChI is InChI=1S/C17H23NO/c1-17(2,19)12-11-16(15-9-5-3-6-10-15)18-13-7-4-8-14-18/h3,5-6,9-10,16,19H,4,7-8,13-14H2,1-2H3. The Labute approximate surface area is 116 Å². The van der Waals surface area contributed by atoms with Crippen molar-refractivity contribution in [3.8, 4) is 11.8 Å². The summed E-state index contributed by atoms with van der Waals surface area (Å²) in [6.45, 7) is 5.66. The molecule has 1 saturated heterocycles. The number of rotatable bonds is 2. The van der Waals surface area contributed by atoms with Crippen LogP contribution in [-0.2, 0) is 0 Å². The summed E-state index contributed by atoms with van der Waals surface area (Å²) in [5, 5.41) is 9.82. The molecule has 2 nitrogen and oxygen atoms in total. The summed E-state index contributed by atoms with van der Waals surface area (Å²) in [7, 11) is 0. The Balaban J connectivity index is 2.24. The third kappa shape index (κ3) is 4.38. The van der Waals surface area contributed by atoms with Crippen molar-refractivity contribution in [1.82, 2.24) is 4.90 Å². The highest BCUT2D eigenvalue weighted by atomic mass is 16.3. The van der Waals surface area contributed by atoms with Gasteiger partial charge in [0.2, 0.25) is 0 Å². The zero-order chi connectivity index (χ0) is 13.7. The maximum absolute atomic E-state index is 9.82. The fraction of sp³-hybridized carbons (Fsp3) is 0.529. The SMILES string of the molecule is CC(C)(O)C#CC(c1ccccc1)N1CCCCC1. The van der Waals surface area contributed by atoms with E-state index in [0.29, 0.717) is 0 Å². The molecule has 1 atom stereocenters. The van der Waals surface area contributed by atoms with Crippen molar-refractivity contribution in [1.29, 1.82) is 0 Å². The van der Waals surface area contributed by atoms with Gasteiger partial charge in [-0.2, -0.15) is 0 Å². The van der Waals surface area contributed by atoms with E-state index in [4.69, 9.17) is 0 Å². The molecular weight excluding hydrogens is 234 g/mol. The smallest absolute Gasteiger partial charge is 0.120 e. The van der Waals surface area contributed by atoms with Crippen LogP contribution < -0.4 is 0 Å². The van der Waals surface area contributed by atoms with Crippen molar-refractivity contribution >= 4 is 0 Å². The quantitative estimate of drug-likeness (QED) is 0.823. The normalized spacial score (nSPS) is 18.5. The molecule has 0 radical (unpaired) electrons. The average molecular weight is 257 g/mol. The average Bonchev–Trinajstić information content (AvgIpc) is 2.40. The van der Waals surface area contributed by atoms with E-state index >= 15 is 0 Å². The Morgan fingerprint density at radius 3 is 2.32 bits per heavy atom. The molecule has 1 unspecified atom stereocenters. The summed E-state index contributed by atoms with van der Waals surface area (Å²) < 4.78 is 0. The van der Waals surface area contributed by atoms with Crippen LogP contribution in [0.2, 0.25) is 0 Å². The van der Waals surface area contributed by atoms with Crippen LogP contribution >= 0.6 is 0 Å². The minimum atomic E-state index is -0.928. The molecule has 1 N–H and O–H groups in total. The first-order valence-corrected chi connectivity index (χ1v) is 7.10. The van der Waals surface area contributed by atoms with Gasteiger partial charge in [-0.25, -0.2) is 0 Å². The summed E-state index contributed by atoms with van der Waals surface area (Å²) in [5.74, 6) is 6.25. The molecule has 1 heterocycles. The Morgan fingerprint density at radius 1 is 1.11 bits per heavy atom. The third-order valence-electron chi connectivity index (χ3n) is 3.39. The van der Waals surface area contributed by atoms with E-state index in [2.05, 4.69) is 41.0 Å². The largest absolute Gasteiger partial charge is 0.378 e. The zero-order valence-corrected chi connectivity index (χ0v) is 11.9. The summed E-state index contributed by atoms with van der Waals surface area (Å²) in [6.07, 6.45) is 3.80. The Morgan fingerprint density at radius 2 is 1.74 bits per heavy atom. The molecule has 0 saturated carbocycles. The summed E-state index contributed by atoms with van der Waals surface area (Å²) >= 11 is 0. The van der Waals surface area contributed by atoms with Crippen LogP contribution in [0.5, 0.6) is 0 Å². The van der Waals surface area contributed by atoms with Gasteiger partial charge in [0.15, 0.2) is 0 Å². The first-order chi connectivity index (χ1) is 9.06. The highest BCUT2D eigenvalue weighted by Gasteiger charge is 2.20. The van der Waals surface area contributed by atoms with Crippen LogP contribution in [0, 0.1) is 11.8 Å². The van der Waals surface area contributed by atoms with Crippen LogP contribution in [0.15, 0.2) is 30.3 Å². The van der Waals surface area contributed by atoms with Gasteiger partial charge in [0.1, 0.15) is 5.60 Å². The lowest BCUT2D eigenvalue weighted by Crippen LogP contribution is -2.33. The number of hydrogen-bond acceptors (Lipinski definition) is 2. The summed E-state index contributed by atoms with van der Waals surface area (Å²) in [4.78, 5) is 2.43. The molecular formula is C17H23NO. The number of aliphatic hydroxyl groups is 1. The summed E-state index contributed by atoms with van der Waals surface area (Å²) in [6, 6.07) is 10.5. The van der Waals surface area contributed by atoms with Crippen molar-refractivity contribution in [2.24, 2.45) is 0 Å². The second-order valence-electron chi connectivity index (χ2n) is 5.74. The molecule has 19 heavy (non-hydrogen) atoms. The van der Waals surface area contributed by atoms with E-state index in [9.17, 15) is 5.11 Å². The van der Waals surface area contributed by atoms with E-state index in [0.717, 1.165) is 13.1 Å². The number of likely N-dealkylation sites (tertiary alicyclic amines) is 1. The molecule has 0 aromatic heterocycles. The van der Waals surface area contributed by atoms with Gasteiger partial charge in [-0.1, -0.05) is 48.6 Å². The number of hydrogen-bond donors (Lipinski definition) is 1. The Kier molecular flexibility index (Phi) is 4.63. The molecule has 1 fully saturated rings. The minimum Gasteiger partial charge on any atom is -0.378 e. The van der Waals surface area contributed by atoms with Crippen LogP contribution in [0.4, 0.5) is 0 Å². The predicted octanol–water partition coefficient (Wildman–Crippen LogP) is 2.99. The van der Waals surface area contributed by atoms with E-state index < -0.39 is 5.60 Å². The molecule has 0 amide bonds. The van der Waals surface area contributed by atoms with E-state index in [-0.39, 0.29) is 6.04 Å². The molecule has 2 rings (SSSR count). The van der Waals surface area contributed by atoms with Crippen molar-refractivity contribution in [2.45, 2.75) is 44.8 Å². The summed E-state index contributed by atoms with van der Waals surface area (Å²) in [5.41, 5.74) is 0.296. The van der Waals surface area contributed by atoms with Gasteiger partial charge in [-0.05, 0) is 45.3 Å². The second-order valence-corrected chi connectivity index (χ2v) is 5.74. The fourth-order valence-electron chi connectivity index (χ4n) is 2.44. The van der Waals surface area contributed by atoms with E-state index in [1.807, 2.05) is 6.07 Å². The Bertz CT molecular complexity index is 444. The van der Waals surface area contributed by atoms with Gasteiger partial charge in [0, 0.05) is 0 Å². The third-order valence-corrected chi connectivity index (χ3v) is 3.39. The van der Waals surface area contributed by atoms with Gasteiger partial charge in [0.25, 0.3) is 0 Å². The highest BCUT2D eigenvalue weighted by Crippen LogP contribution is 2.24. The molecule has 1 aliphatic heterocycles.